The monoisotopic (exact) mass is 339 g/mol. The Labute approximate surface area is 145 Å². The summed E-state index contributed by atoms with van der Waals surface area (Å²) in [6.07, 6.45) is 8.55. The molecule has 3 aliphatic rings. The zero-order chi connectivity index (χ0) is 16.9. The Hall–Kier alpha value is -0.650. The number of piperidine rings is 1. The lowest BCUT2D eigenvalue weighted by atomic mass is 9.80. The zero-order valence-electron chi connectivity index (χ0n) is 14.7. The number of carbonyl (C=O) groups excluding carboxylic acids is 1. The lowest BCUT2D eigenvalue weighted by Crippen LogP contribution is -2.53. The van der Waals surface area contributed by atoms with Crippen LogP contribution in [0.2, 0.25) is 0 Å². The average molecular weight is 339 g/mol. The molecule has 0 aromatic heterocycles. The first-order valence-electron chi connectivity index (χ1n) is 9.91. The number of hydrogen-bond donors (Lipinski definition) is 2. The molecule has 3 rings (SSSR count). The van der Waals surface area contributed by atoms with E-state index in [-0.39, 0.29) is 18.4 Å². The first-order valence-corrected chi connectivity index (χ1v) is 9.91. The molecule has 2 aliphatic carbocycles. The number of rotatable bonds is 4. The topological polar surface area (TPSA) is 70.0 Å². The lowest BCUT2D eigenvalue weighted by Gasteiger charge is -2.40. The van der Waals surface area contributed by atoms with Crippen molar-refractivity contribution in [2.45, 2.75) is 82.5 Å². The number of hydrogen-bond acceptors (Lipinski definition) is 4. The summed E-state index contributed by atoms with van der Waals surface area (Å²) in [5.41, 5.74) is 0. The fourth-order valence-electron chi connectivity index (χ4n) is 4.62. The summed E-state index contributed by atoms with van der Waals surface area (Å²) >= 11 is 0. The number of ether oxygens (including phenoxy) is 1. The molecule has 1 heterocycles. The van der Waals surface area contributed by atoms with E-state index in [4.69, 9.17) is 4.74 Å². The SMILES string of the molecule is O=C(C1C(O)CC(O)CC1OCC1CCCCC1)N1CCCCC1. The third-order valence-corrected chi connectivity index (χ3v) is 6.06. The second-order valence-corrected chi connectivity index (χ2v) is 7.98. The van der Waals surface area contributed by atoms with Gasteiger partial charge >= 0.3 is 0 Å². The van der Waals surface area contributed by atoms with Gasteiger partial charge in [0.2, 0.25) is 5.91 Å². The minimum atomic E-state index is -0.792. The molecule has 1 saturated heterocycles. The summed E-state index contributed by atoms with van der Waals surface area (Å²) in [5.74, 6) is 0.0959. The van der Waals surface area contributed by atoms with Crippen LogP contribution in [0.25, 0.3) is 0 Å². The molecular weight excluding hydrogens is 306 g/mol. The van der Waals surface area contributed by atoms with Crippen molar-refractivity contribution in [3.63, 3.8) is 0 Å². The molecule has 0 radical (unpaired) electrons. The summed E-state index contributed by atoms with van der Waals surface area (Å²) in [5, 5.41) is 20.5. The van der Waals surface area contributed by atoms with Crippen LogP contribution in [0.5, 0.6) is 0 Å². The normalized spacial score (nSPS) is 35.8. The lowest BCUT2D eigenvalue weighted by molar-refractivity contribution is -0.160. The summed E-state index contributed by atoms with van der Waals surface area (Å²) in [6, 6.07) is 0. The molecule has 0 spiro atoms. The van der Waals surface area contributed by atoms with Crippen LogP contribution in [-0.4, -0.2) is 59.0 Å². The van der Waals surface area contributed by atoms with Crippen molar-refractivity contribution in [2.24, 2.45) is 11.8 Å². The summed E-state index contributed by atoms with van der Waals surface area (Å²) < 4.78 is 6.12. The van der Waals surface area contributed by atoms with Crippen LogP contribution in [-0.2, 0) is 9.53 Å². The van der Waals surface area contributed by atoms with Crippen LogP contribution >= 0.6 is 0 Å². The van der Waals surface area contributed by atoms with Gasteiger partial charge in [-0.3, -0.25) is 4.79 Å². The van der Waals surface area contributed by atoms with Crippen LogP contribution in [0.15, 0.2) is 0 Å². The maximum atomic E-state index is 12.9. The van der Waals surface area contributed by atoms with Crippen LogP contribution in [0.1, 0.15) is 64.2 Å². The Morgan fingerprint density at radius 2 is 1.62 bits per heavy atom. The maximum Gasteiger partial charge on any atom is 0.230 e. The zero-order valence-corrected chi connectivity index (χ0v) is 14.7. The molecule has 4 atom stereocenters. The van der Waals surface area contributed by atoms with Gasteiger partial charge in [0, 0.05) is 32.5 Å². The summed E-state index contributed by atoms with van der Waals surface area (Å²) in [4.78, 5) is 14.8. The van der Waals surface area contributed by atoms with Gasteiger partial charge in [-0.1, -0.05) is 19.3 Å². The smallest absolute Gasteiger partial charge is 0.230 e. The molecule has 138 valence electrons. The van der Waals surface area contributed by atoms with Gasteiger partial charge in [-0.25, -0.2) is 0 Å². The van der Waals surface area contributed by atoms with Crippen molar-refractivity contribution < 1.29 is 19.7 Å². The fourth-order valence-corrected chi connectivity index (χ4v) is 4.62. The molecule has 3 fully saturated rings. The molecule has 0 aromatic rings. The molecule has 4 unspecified atom stereocenters. The molecule has 0 bridgehead atoms. The molecule has 24 heavy (non-hydrogen) atoms. The molecule has 2 N–H and O–H groups in total. The Morgan fingerprint density at radius 1 is 0.958 bits per heavy atom. The predicted molar refractivity (Wildman–Crippen MR) is 91.5 cm³/mol. The van der Waals surface area contributed by atoms with Gasteiger partial charge in [0.15, 0.2) is 0 Å². The highest BCUT2D eigenvalue weighted by molar-refractivity contribution is 5.80. The van der Waals surface area contributed by atoms with Gasteiger partial charge in [0.25, 0.3) is 0 Å². The highest BCUT2D eigenvalue weighted by Crippen LogP contribution is 2.32. The van der Waals surface area contributed by atoms with Gasteiger partial charge in [0.05, 0.1) is 24.2 Å². The highest BCUT2D eigenvalue weighted by Gasteiger charge is 2.43. The molecule has 5 nitrogen and oxygen atoms in total. The minimum absolute atomic E-state index is 0.0303. The van der Waals surface area contributed by atoms with Gasteiger partial charge in [-0.05, 0) is 38.0 Å². The van der Waals surface area contributed by atoms with E-state index in [0.717, 1.165) is 25.9 Å². The van der Waals surface area contributed by atoms with Gasteiger partial charge in [0.1, 0.15) is 0 Å². The summed E-state index contributed by atoms with van der Waals surface area (Å²) in [7, 11) is 0. The average Bonchev–Trinajstić information content (AvgIpc) is 2.60. The second-order valence-electron chi connectivity index (χ2n) is 7.98. The first-order chi connectivity index (χ1) is 11.6. The van der Waals surface area contributed by atoms with Crippen LogP contribution in [0.3, 0.4) is 0 Å². The highest BCUT2D eigenvalue weighted by atomic mass is 16.5. The number of likely N-dealkylation sites (tertiary alicyclic amines) is 1. The summed E-state index contributed by atoms with van der Waals surface area (Å²) in [6.45, 7) is 2.24. The largest absolute Gasteiger partial charge is 0.393 e. The molecule has 5 heteroatoms. The van der Waals surface area contributed by atoms with Gasteiger partial charge < -0.3 is 19.8 Å². The van der Waals surface area contributed by atoms with Crippen molar-refractivity contribution in [3.05, 3.63) is 0 Å². The van der Waals surface area contributed by atoms with Crippen LogP contribution in [0, 0.1) is 11.8 Å². The molecular formula is C19H33NO4. The molecule has 0 aromatic carbocycles. The van der Waals surface area contributed by atoms with Crippen molar-refractivity contribution in [1.29, 1.82) is 0 Å². The Morgan fingerprint density at radius 3 is 2.33 bits per heavy atom. The quantitative estimate of drug-likeness (QED) is 0.823. The van der Waals surface area contributed by atoms with Crippen molar-refractivity contribution in [2.75, 3.05) is 19.7 Å². The fraction of sp³-hybridized carbons (Fsp3) is 0.947. The van der Waals surface area contributed by atoms with E-state index in [1.54, 1.807) is 0 Å². The van der Waals surface area contributed by atoms with Crippen LogP contribution < -0.4 is 0 Å². The van der Waals surface area contributed by atoms with Crippen molar-refractivity contribution in [1.82, 2.24) is 4.90 Å². The minimum Gasteiger partial charge on any atom is -0.393 e. The number of aliphatic hydroxyl groups is 2. The van der Waals surface area contributed by atoms with Crippen molar-refractivity contribution >= 4 is 5.91 Å². The number of aliphatic hydroxyl groups excluding tert-OH is 2. The second kappa shape index (κ2) is 8.63. The number of carbonyl (C=O) groups is 1. The first kappa shape index (κ1) is 18.2. The van der Waals surface area contributed by atoms with Crippen molar-refractivity contribution in [3.8, 4) is 0 Å². The molecule has 1 amide bonds. The predicted octanol–water partition coefficient (Wildman–Crippen LogP) is 2.10. The molecule has 2 saturated carbocycles. The van der Waals surface area contributed by atoms with E-state index in [0.29, 0.717) is 18.9 Å². The Bertz CT molecular complexity index is 404. The van der Waals surface area contributed by atoms with E-state index in [2.05, 4.69) is 0 Å². The molecule has 1 aliphatic heterocycles. The third-order valence-electron chi connectivity index (χ3n) is 6.06. The van der Waals surface area contributed by atoms with E-state index >= 15 is 0 Å². The number of amides is 1. The van der Waals surface area contributed by atoms with E-state index < -0.39 is 18.1 Å². The van der Waals surface area contributed by atoms with Gasteiger partial charge in [-0.15, -0.1) is 0 Å². The van der Waals surface area contributed by atoms with E-state index in [9.17, 15) is 15.0 Å². The van der Waals surface area contributed by atoms with Gasteiger partial charge in [-0.2, -0.15) is 0 Å². The standard InChI is InChI=1S/C19H33NO4/c21-15-11-16(22)18(19(23)20-9-5-2-6-10-20)17(12-15)24-13-14-7-3-1-4-8-14/h14-18,21-22H,1-13H2. The maximum absolute atomic E-state index is 12.9. The Kier molecular flexibility index (Phi) is 6.53. The Balaban J connectivity index is 1.61. The van der Waals surface area contributed by atoms with E-state index in [1.165, 1.54) is 38.5 Å². The third kappa shape index (κ3) is 4.50. The van der Waals surface area contributed by atoms with E-state index in [1.807, 2.05) is 4.90 Å². The van der Waals surface area contributed by atoms with Crippen LogP contribution in [0.4, 0.5) is 0 Å². The number of nitrogens with zero attached hydrogens (tertiary/aromatic N) is 1.